The second kappa shape index (κ2) is 17.8. The van der Waals surface area contributed by atoms with Gasteiger partial charge in [-0.15, -0.1) is 0 Å². The Labute approximate surface area is 267 Å². The molecule has 1 aromatic carbocycles. The van der Waals surface area contributed by atoms with Gasteiger partial charge in [0.25, 0.3) is 5.91 Å². The van der Waals surface area contributed by atoms with Crippen molar-refractivity contribution in [1.82, 2.24) is 21.3 Å². The lowest BCUT2D eigenvalue weighted by atomic mass is 9.94. The largest absolute Gasteiger partial charge is 0.383 e. The molecule has 1 aliphatic carbocycles. The second-order valence-electron chi connectivity index (χ2n) is 13.0. The quantitative estimate of drug-likeness (QED) is 0.152. The molecule has 45 heavy (non-hydrogen) atoms. The zero-order valence-electron chi connectivity index (χ0n) is 28.0. The van der Waals surface area contributed by atoms with Crippen LogP contribution in [0.15, 0.2) is 24.3 Å². The van der Waals surface area contributed by atoms with Gasteiger partial charge in [-0.25, -0.2) is 0 Å². The van der Waals surface area contributed by atoms with Gasteiger partial charge in [0.2, 0.25) is 17.7 Å². The molecule has 250 valence electrons. The highest BCUT2D eigenvalue weighted by Crippen LogP contribution is 2.37. The molecular weight excluding hydrogens is 576 g/mol. The number of Topliss-reactive ketones (excluding diaryl/α,β-unsaturated/α-hetero) is 2. The molecule has 2 rings (SSSR count). The predicted molar refractivity (Wildman–Crippen MR) is 171 cm³/mol. The van der Waals surface area contributed by atoms with E-state index in [-0.39, 0.29) is 60.9 Å². The van der Waals surface area contributed by atoms with E-state index in [1.54, 1.807) is 58.9 Å². The normalized spacial score (nSPS) is 19.8. The summed E-state index contributed by atoms with van der Waals surface area (Å²) in [5, 5.41) is 10.8. The van der Waals surface area contributed by atoms with E-state index in [1.165, 1.54) is 7.11 Å². The predicted octanol–water partition coefficient (Wildman–Crippen LogP) is 3.06. The van der Waals surface area contributed by atoms with Crippen LogP contribution in [0.4, 0.5) is 0 Å². The van der Waals surface area contributed by atoms with Gasteiger partial charge in [0, 0.05) is 43.0 Å². The Bertz CT molecular complexity index is 1190. The Morgan fingerprint density at radius 1 is 0.822 bits per heavy atom. The molecule has 0 heterocycles. The number of ketones is 2. The molecule has 1 unspecified atom stereocenters. The number of benzene rings is 1. The van der Waals surface area contributed by atoms with E-state index in [4.69, 9.17) is 4.74 Å². The van der Waals surface area contributed by atoms with Crippen LogP contribution in [0.3, 0.4) is 0 Å². The van der Waals surface area contributed by atoms with Gasteiger partial charge in [-0.05, 0) is 56.1 Å². The third-order valence-corrected chi connectivity index (χ3v) is 8.59. The highest BCUT2D eigenvalue weighted by Gasteiger charge is 2.33. The minimum Gasteiger partial charge on any atom is -0.383 e. The summed E-state index contributed by atoms with van der Waals surface area (Å²) in [6, 6.07) is 3.77. The number of carbonyl (C=O) groups is 6. The summed E-state index contributed by atoms with van der Waals surface area (Å²) >= 11 is 0. The van der Waals surface area contributed by atoms with Crippen molar-refractivity contribution in [3.8, 4) is 0 Å². The monoisotopic (exact) mass is 628 g/mol. The molecular formula is C34H52N4O7. The summed E-state index contributed by atoms with van der Waals surface area (Å²) in [5.74, 6) is -1.53. The molecule has 1 saturated carbocycles. The van der Waals surface area contributed by atoms with Gasteiger partial charge in [-0.2, -0.15) is 0 Å². The zero-order valence-corrected chi connectivity index (χ0v) is 28.0. The summed E-state index contributed by atoms with van der Waals surface area (Å²) in [7, 11) is 1.50. The molecule has 1 aromatic rings. The van der Waals surface area contributed by atoms with Crippen molar-refractivity contribution in [3.05, 3.63) is 35.4 Å². The highest BCUT2D eigenvalue weighted by atomic mass is 16.5. The number of amides is 4. The molecule has 0 radical (unpaired) electrons. The standard InChI is InChI=1S/C34H52N4O7/c1-19(2)29(34(44)36-23(7)30(40)20(3)4)38-28(39)14-13-27(33(43)35-15-16-45-8)37-32(42)25-11-9-24(10-12-25)31(41)26-17-21(5)22(6)18-26/h9-12,19-23,26-27,29H,13-18H2,1-8H3,(H,35,43)(H,36,44)(H,37,42)(H,38,39)/t21-,22+,23-,26?,27-,29-/m0/s1. The Hall–Kier alpha value is -3.60. The van der Waals surface area contributed by atoms with Crippen molar-refractivity contribution in [2.75, 3.05) is 20.3 Å². The van der Waals surface area contributed by atoms with Crippen LogP contribution in [0.5, 0.6) is 0 Å². The van der Waals surface area contributed by atoms with Gasteiger partial charge in [-0.1, -0.05) is 53.7 Å². The minimum atomic E-state index is -1.04. The molecule has 11 nitrogen and oxygen atoms in total. The Morgan fingerprint density at radius 3 is 1.93 bits per heavy atom. The summed E-state index contributed by atoms with van der Waals surface area (Å²) in [5.41, 5.74) is 0.829. The fraction of sp³-hybridized carbons (Fsp3) is 0.647. The Kier molecular flexibility index (Phi) is 14.8. The van der Waals surface area contributed by atoms with Crippen LogP contribution in [0.1, 0.15) is 94.9 Å². The van der Waals surface area contributed by atoms with Gasteiger partial charge < -0.3 is 26.0 Å². The minimum absolute atomic E-state index is 0.0201. The first-order valence-corrected chi connectivity index (χ1v) is 16.0. The average Bonchev–Trinajstić information content (AvgIpc) is 3.34. The van der Waals surface area contributed by atoms with E-state index in [0.29, 0.717) is 17.4 Å². The number of nitrogens with one attached hydrogen (secondary N) is 4. The molecule has 6 atom stereocenters. The van der Waals surface area contributed by atoms with Gasteiger partial charge in [-0.3, -0.25) is 28.8 Å². The maximum atomic E-state index is 13.1. The third kappa shape index (κ3) is 11.4. The van der Waals surface area contributed by atoms with Crippen LogP contribution in [-0.4, -0.2) is 73.6 Å². The topological polar surface area (TPSA) is 160 Å². The Morgan fingerprint density at radius 2 is 1.40 bits per heavy atom. The summed E-state index contributed by atoms with van der Waals surface area (Å²) in [4.78, 5) is 77.2. The lowest BCUT2D eigenvalue weighted by molar-refractivity contribution is -0.133. The van der Waals surface area contributed by atoms with Gasteiger partial charge in [0.1, 0.15) is 12.1 Å². The van der Waals surface area contributed by atoms with E-state index in [9.17, 15) is 28.8 Å². The molecule has 0 spiro atoms. The van der Waals surface area contributed by atoms with Crippen LogP contribution in [0.25, 0.3) is 0 Å². The fourth-order valence-electron chi connectivity index (χ4n) is 5.53. The van der Waals surface area contributed by atoms with E-state index < -0.39 is 41.8 Å². The number of carbonyl (C=O) groups excluding carboxylic acids is 6. The molecule has 4 amide bonds. The van der Waals surface area contributed by atoms with Crippen molar-refractivity contribution in [3.63, 3.8) is 0 Å². The number of hydrogen-bond donors (Lipinski definition) is 4. The molecule has 0 saturated heterocycles. The number of rotatable bonds is 17. The van der Waals surface area contributed by atoms with Crippen LogP contribution < -0.4 is 21.3 Å². The summed E-state index contributed by atoms with van der Waals surface area (Å²) in [6.45, 7) is 13.5. The van der Waals surface area contributed by atoms with Crippen molar-refractivity contribution >= 4 is 35.2 Å². The molecule has 0 aromatic heterocycles. The maximum Gasteiger partial charge on any atom is 0.251 e. The fourth-order valence-corrected chi connectivity index (χ4v) is 5.53. The molecule has 4 N–H and O–H groups in total. The smallest absolute Gasteiger partial charge is 0.251 e. The van der Waals surface area contributed by atoms with Crippen LogP contribution in [-0.2, 0) is 23.9 Å². The maximum absolute atomic E-state index is 13.1. The SMILES string of the molecule is COCCNC(=O)[C@H](CCC(=O)N[C@H](C(=O)N[C@@H](C)C(=O)C(C)C)C(C)C)NC(=O)c1ccc(C(=O)C2C[C@@H](C)[C@@H](C)C2)cc1. The van der Waals surface area contributed by atoms with Gasteiger partial charge in [0.15, 0.2) is 11.6 Å². The van der Waals surface area contributed by atoms with Crippen molar-refractivity contribution in [1.29, 1.82) is 0 Å². The molecule has 11 heteroatoms. The van der Waals surface area contributed by atoms with Gasteiger partial charge in [0.05, 0.1) is 12.6 Å². The van der Waals surface area contributed by atoms with E-state index >= 15 is 0 Å². The lowest BCUT2D eigenvalue weighted by Crippen LogP contribution is -2.53. The second-order valence-corrected chi connectivity index (χ2v) is 13.0. The van der Waals surface area contributed by atoms with Crippen LogP contribution in [0.2, 0.25) is 0 Å². The van der Waals surface area contributed by atoms with Crippen molar-refractivity contribution in [2.45, 2.75) is 92.3 Å². The number of ether oxygens (including phenoxy) is 1. The van der Waals surface area contributed by atoms with Crippen molar-refractivity contribution < 1.29 is 33.5 Å². The Balaban J connectivity index is 2.06. The number of methoxy groups -OCH3 is 1. The zero-order chi connectivity index (χ0) is 33.8. The van der Waals surface area contributed by atoms with E-state index in [1.807, 2.05) is 0 Å². The third-order valence-electron chi connectivity index (χ3n) is 8.59. The van der Waals surface area contributed by atoms with Crippen LogP contribution in [0, 0.1) is 29.6 Å². The van der Waals surface area contributed by atoms with E-state index in [2.05, 4.69) is 35.1 Å². The highest BCUT2D eigenvalue weighted by molar-refractivity contribution is 6.01. The van der Waals surface area contributed by atoms with E-state index in [0.717, 1.165) is 12.8 Å². The molecule has 1 aliphatic rings. The lowest BCUT2D eigenvalue weighted by Gasteiger charge is -2.25. The number of hydrogen-bond acceptors (Lipinski definition) is 7. The summed E-state index contributed by atoms with van der Waals surface area (Å²) in [6.07, 6.45) is 1.54. The molecule has 0 aliphatic heterocycles. The average molecular weight is 629 g/mol. The van der Waals surface area contributed by atoms with Crippen LogP contribution >= 0.6 is 0 Å². The molecule has 0 bridgehead atoms. The van der Waals surface area contributed by atoms with Crippen molar-refractivity contribution in [2.24, 2.45) is 29.6 Å². The first-order chi connectivity index (χ1) is 21.2. The first kappa shape index (κ1) is 37.6. The summed E-state index contributed by atoms with van der Waals surface area (Å²) < 4.78 is 4.99. The van der Waals surface area contributed by atoms with Gasteiger partial charge >= 0.3 is 0 Å². The molecule has 1 fully saturated rings. The first-order valence-electron chi connectivity index (χ1n) is 16.0.